The third-order valence-corrected chi connectivity index (χ3v) is 2.94. The summed E-state index contributed by atoms with van der Waals surface area (Å²) < 4.78 is 5.65. The minimum atomic E-state index is -0.0904. The van der Waals surface area contributed by atoms with Gasteiger partial charge >= 0.3 is 0 Å². The number of oxazole rings is 1. The number of rotatable bonds is 2. The molecule has 2 N–H and O–H groups in total. The summed E-state index contributed by atoms with van der Waals surface area (Å²) >= 11 is 0. The second kappa shape index (κ2) is 4.13. The first-order valence-electron chi connectivity index (χ1n) is 5.48. The molecule has 0 aliphatic heterocycles. The zero-order valence-corrected chi connectivity index (χ0v) is 8.70. The molecule has 1 heterocycles. The molecule has 1 atom stereocenters. The van der Waals surface area contributed by atoms with Gasteiger partial charge in [-0.15, -0.1) is 0 Å². The van der Waals surface area contributed by atoms with Gasteiger partial charge in [0.15, 0.2) is 0 Å². The summed E-state index contributed by atoms with van der Waals surface area (Å²) in [4.78, 5) is 4.20. The maximum absolute atomic E-state index is 5.70. The molecule has 78 valence electrons. The van der Waals surface area contributed by atoms with E-state index in [1.165, 1.54) is 32.1 Å². The lowest BCUT2D eigenvalue weighted by molar-refractivity contribution is 0.352. The van der Waals surface area contributed by atoms with E-state index in [2.05, 4.69) is 4.98 Å². The predicted molar refractivity (Wildman–Crippen MR) is 54.9 cm³/mol. The maximum atomic E-state index is 5.70. The van der Waals surface area contributed by atoms with Gasteiger partial charge in [0.2, 0.25) is 5.89 Å². The van der Waals surface area contributed by atoms with Crippen molar-refractivity contribution in [2.24, 2.45) is 5.73 Å². The van der Waals surface area contributed by atoms with E-state index in [0.29, 0.717) is 11.8 Å². The number of nitrogens with zero attached hydrogens (tertiary/aromatic N) is 1. The summed E-state index contributed by atoms with van der Waals surface area (Å²) in [6.45, 7) is 1.90. The van der Waals surface area contributed by atoms with Gasteiger partial charge in [0.1, 0.15) is 5.76 Å². The number of hydrogen-bond donors (Lipinski definition) is 1. The van der Waals surface area contributed by atoms with Crippen molar-refractivity contribution in [3.63, 3.8) is 0 Å². The van der Waals surface area contributed by atoms with E-state index in [0.717, 1.165) is 5.76 Å². The van der Waals surface area contributed by atoms with Gasteiger partial charge in [-0.25, -0.2) is 4.98 Å². The highest BCUT2D eigenvalue weighted by Crippen LogP contribution is 2.33. The first-order chi connectivity index (χ1) is 6.77. The third-order valence-electron chi connectivity index (χ3n) is 2.94. The number of hydrogen-bond acceptors (Lipinski definition) is 3. The lowest BCUT2D eigenvalue weighted by Gasteiger charge is -2.18. The fourth-order valence-electron chi connectivity index (χ4n) is 2.09. The van der Waals surface area contributed by atoms with Crippen molar-refractivity contribution in [2.45, 2.75) is 51.0 Å². The van der Waals surface area contributed by atoms with E-state index in [9.17, 15) is 0 Å². The summed E-state index contributed by atoms with van der Waals surface area (Å²) in [5.74, 6) is 2.30. The molecule has 1 saturated carbocycles. The molecular weight excluding hydrogens is 176 g/mol. The Bertz CT molecular complexity index is 287. The van der Waals surface area contributed by atoms with Crippen LogP contribution in [0.25, 0.3) is 0 Å². The highest BCUT2D eigenvalue weighted by Gasteiger charge is 2.20. The molecule has 1 fully saturated rings. The fourth-order valence-corrected chi connectivity index (χ4v) is 2.09. The topological polar surface area (TPSA) is 52.0 Å². The molecule has 0 amide bonds. The van der Waals surface area contributed by atoms with E-state index in [4.69, 9.17) is 10.2 Å². The monoisotopic (exact) mass is 194 g/mol. The van der Waals surface area contributed by atoms with Crippen molar-refractivity contribution >= 4 is 0 Å². The highest BCUT2D eigenvalue weighted by molar-refractivity contribution is 5.04. The Balaban J connectivity index is 2.07. The second-order valence-electron chi connectivity index (χ2n) is 4.22. The highest BCUT2D eigenvalue weighted by atomic mass is 16.4. The summed E-state index contributed by atoms with van der Waals surface area (Å²) in [6.07, 6.45) is 8.35. The molecule has 1 aliphatic rings. The van der Waals surface area contributed by atoms with Crippen LogP contribution in [0, 0.1) is 0 Å². The first-order valence-corrected chi connectivity index (χ1v) is 5.48. The van der Waals surface area contributed by atoms with Crippen LogP contribution >= 0.6 is 0 Å². The second-order valence-corrected chi connectivity index (χ2v) is 4.22. The maximum Gasteiger partial charge on any atom is 0.211 e. The minimum Gasteiger partial charge on any atom is -0.444 e. The standard InChI is InChI=1S/C11H18N2O/c1-8(12)11-13-7-10(14-11)9-5-3-2-4-6-9/h7-9H,2-6,12H2,1H3. The van der Waals surface area contributed by atoms with Crippen LogP contribution in [0.3, 0.4) is 0 Å². The van der Waals surface area contributed by atoms with Crippen LogP contribution in [0.2, 0.25) is 0 Å². The molecule has 1 aromatic rings. The lowest BCUT2D eigenvalue weighted by atomic mass is 9.88. The first kappa shape index (κ1) is 9.71. The van der Waals surface area contributed by atoms with Gasteiger partial charge in [0.25, 0.3) is 0 Å². The molecule has 1 aromatic heterocycles. The van der Waals surface area contributed by atoms with E-state index >= 15 is 0 Å². The quantitative estimate of drug-likeness (QED) is 0.787. The zero-order chi connectivity index (χ0) is 9.97. The Hall–Kier alpha value is -0.830. The fraction of sp³-hybridized carbons (Fsp3) is 0.727. The average molecular weight is 194 g/mol. The van der Waals surface area contributed by atoms with Crippen LogP contribution < -0.4 is 5.73 Å². The third kappa shape index (κ3) is 1.98. The zero-order valence-electron chi connectivity index (χ0n) is 8.70. The summed E-state index contributed by atoms with van der Waals surface area (Å²) in [7, 11) is 0. The van der Waals surface area contributed by atoms with Crippen molar-refractivity contribution in [1.82, 2.24) is 4.98 Å². The lowest BCUT2D eigenvalue weighted by Crippen LogP contribution is -2.05. The molecule has 2 rings (SSSR count). The van der Waals surface area contributed by atoms with Gasteiger partial charge in [0.05, 0.1) is 12.2 Å². The Kier molecular flexibility index (Phi) is 2.87. The van der Waals surface area contributed by atoms with E-state index in [1.807, 2.05) is 13.1 Å². The summed E-state index contributed by atoms with van der Waals surface area (Å²) in [6, 6.07) is -0.0904. The van der Waals surface area contributed by atoms with Crippen LogP contribution in [-0.4, -0.2) is 4.98 Å². The normalized spacial score (nSPS) is 21.0. The van der Waals surface area contributed by atoms with Crippen molar-refractivity contribution in [2.75, 3.05) is 0 Å². The largest absolute Gasteiger partial charge is 0.444 e. The number of nitrogens with two attached hydrogens (primary N) is 1. The molecule has 0 aromatic carbocycles. The molecule has 1 unspecified atom stereocenters. The smallest absolute Gasteiger partial charge is 0.211 e. The van der Waals surface area contributed by atoms with E-state index in [-0.39, 0.29) is 6.04 Å². The molecule has 14 heavy (non-hydrogen) atoms. The van der Waals surface area contributed by atoms with Crippen LogP contribution in [0.4, 0.5) is 0 Å². The molecule has 3 nitrogen and oxygen atoms in total. The predicted octanol–water partition coefficient (Wildman–Crippen LogP) is 2.74. The molecule has 1 aliphatic carbocycles. The molecular formula is C11H18N2O. The Labute approximate surface area is 84.7 Å². The Morgan fingerprint density at radius 3 is 2.71 bits per heavy atom. The van der Waals surface area contributed by atoms with Crippen LogP contribution in [-0.2, 0) is 0 Å². The molecule has 3 heteroatoms. The average Bonchev–Trinajstić information content (AvgIpc) is 2.68. The molecule has 0 spiro atoms. The van der Waals surface area contributed by atoms with Crippen molar-refractivity contribution < 1.29 is 4.42 Å². The van der Waals surface area contributed by atoms with Gasteiger partial charge in [-0.1, -0.05) is 19.3 Å². The SMILES string of the molecule is CC(N)c1ncc(C2CCCCC2)o1. The van der Waals surface area contributed by atoms with Gasteiger partial charge in [-0.3, -0.25) is 0 Å². The van der Waals surface area contributed by atoms with E-state index in [1.54, 1.807) is 0 Å². The van der Waals surface area contributed by atoms with Gasteiger partial charge in [-0.2, -0.15) is 0 Å². The van der Waals surface area contributed by atoms with Crippen molar-refractivity contribution in [3.05, 3.63) is 17.8 Å². The van der Waals surface area contributed by atoms with Crippen LogP contribution in [0.1, 0.15) is 62.6 Å². The molecule has 0 bridgehead atoms. The Morgan fingerprint density at radius 2 is 2.14 bits per heavy atom. The van der Waals surface area contributed by atoms with E-state index < -0.39 is 0 Å². The number of aromatic nitrogens is 1. The van der Waals surface area contributed by atoms with Gasteiger partial charge in [-0.05, 0) is 19.8 Å². The Morgan fingerprint density at radius 1 is 1.43 bits per heavy atom. The van der Waals surface area contributed by atoms with Crippen LogP contribution in [0.5, 0.6) is 0 Å². The van der Waals surface area contributed by atoms with Crippen LogP contribution in [0.15, 0.2) is 10.6 Å². The van der Waals surface area contributed by atoms with Crippen molar-refractivity contribution in [1.29, 1.82) is 0 Å². The molecule has 0 radical (unpaired) electrons. The van der Waals surface area contributed by atoms with Gasteiger partial charge < -0.3 is 10.2 Å². The molecule has 0 saturated heterocycles. The minimum absolute atomic E-state index is 0.0904. The van der Waals surface area contributed by atoms with Crippen molar-refractivity contribution in [3.8, 4) is 0 Å². The summed E-state index contributed by atoms with van der Waals surface area (Å²) in [5, 5.41) is 0. The summed E-state index contributed by atoms with van der Waals surface area (Å²) in [5.41, 5.74) is 5.70. The van der Waals surface area contributed by atoms with Gasteiger partial charge in [0, 0.05) is 5.92 Å².